The number of benzene rings is 1. The number of hydrogen-bond acceptors (Lipinski definition) is 3. The first-order valence-corrected chi connectivity index (χ1v) is 7.26. The van der Waals surface area contributed by atoms with Crippen molar-refractivity contribution in [2.24, 2.45) is 0 Å². The molecule has 0 radical (unpaired) electrons. The molecule has 0 aromatic heterocycles. The van der Waals surface area contributed by atoms with Crippen molar-refractivity contribution in [2.75, 3.05) is 14.2 Å². The lowest BCUT2D eigenvalue weighted by molar-refractivity contribution is 0.353. The highest BCUT2D eigenvalue weighted by atomic mass is 35.5. The van der Waals surface area contributed by atoms with Gasteiger partial charge in [0, 0.05) is 12.6 Å². The van der Waals surface area contributed by atoms with Gasteiger partial charge in [-0.05, 0) is 30.5 Å². The SMILES string of the molecule is COc1cc(CNC2CCCCC2)cc(Cl)c1OC.Cl. The number of methoxy groups -OCH3 is 2. The summed E-state index contributed by atoms with van der Waals surface area (Å²) in [6, 6.07) is 4.57. The predicted molar refractivity (Wildman–Crippen MR) is 85.5 cm³/mol. The van der Waals surface area contributed by atoms with Gasteiger partial charge in [-0.3, -0.25) is 0 Å². The quantitative estimate of drug-likeness (QED) is 0.882. The lowest BCUT2D eigenvalue weighted by atomic mass is 9.95. The second-order valence-corrected chi connectivity index (χ2v) is 5.44. The Morgan fingerprint density at radius 2 is 1.85 bits per heavy atom. The molecule has 1 N–H and O–H groups in total. The number of halogens is 2. The molecule has 1 aromatic carbocycles. The molecule has 0 atom stereocenters. The van der Waals surface area contributed by atoms with Crippen molar-refractivity contribution in [3.8, 4) is 11.5 Å². The van der Waals surface area contributed by atoms with Gasteiger partial charge in [0.2, 0.25) is 0 Å². The van der Waals surface area contributed by atoms with Gasteiger partial charge in [0.05, 0.1) is 19.2 Å². The van der Waals surface area contributed by atoms with Crippen molar-refractivity contribution in [1.82, 2.24) is 5.32 Å². The Hall–Kier alpha value is -0.640. The van der Waals surface area contributed by atoms with E-state index in [1.165, 1.54) is 32.1 Å². The van der Waals surface area contributed by atoms with Crippen molar-refractivity contribution in [3.63, 3.8) is 0 Å². The maximum atomic E-state index is 6.20. The highest BCUT2D eigenvalue weighted by molar-refractivity contribution is 6.32. The average molecular weight is 320 g/mol. The fourth-order valence-electron chi connectivity index (χ4n) is 2.64. The fourth-order valence-corrected chi connectivity index (χ4v) is 2.95. The number of ether oxygens (including phenoxy) is 2. The second-order valence-electron chi connectivity index (χ2n) is 5.03. The summed E-state index contributed by atoms with van der Waals surface area (Å²) in [5.41, 5.74) is 1.13. The molecule has 2 rings (SSSR count). The summed E-state index contributed by atoms with van der Waals surface area (Å²) in [4.78, 5) is 0. The largest absolute Gasteiger partial charge is 0.493 e. The standard InChI is InChI=1S/C15H22ClNO2.ClH/c1-18-14-9-11(8-13(16)15(14)19-2)10-17-12-6-4-3-5-7-12;/h8-9,12,17H,3-7,10H2,1-2H3;1H. The van der Waals surface area contributed by atoms with E-state index in [4.69, 9.17) is 21.1 Å². The van der Waals surface area contributed by atoms with E-state index in [2.05, 4.69) is 5.32 Å². The first kappa shape index (κ1) is 17.4. The smallest absolute Gasteiger partial charge is 0.179 e. The van der Waals surface area contributed by atoms with Crippen LogP contribution in [0.15, 0.2) is 12.1 Å². The predicted octanol–water partition coefficient (Wildman–Crippen LogP) is 4.20. The lowest BCUT2D eigenvalue weighted by Gasteiger charge is -2.23. The Morgan fingerprint density at radius 1 is 1.15 bits per heavy atom. The summed E-state index contributed by atoms with van der Waals surface area (Å²) >= 11 is 6.20. The van der Waals surface area contributed by atoms with Crippen LogP contribution in [0.4, 0.5) is 0 Å². The van der Waals surface area contributed by atoms with Gasteiger partial charge in [-0.2, -0.15) is 0 Å². The van der Waals surface area contributed by atoms with Gasteiger partial charge in [0.15, 0.2) is 11.5 Å². The van der Waals surface area contributed by atoms with Gasteiger partial charge in [-0.15, -0.1) is 12.4 Å². The average Bonchev–Trinajstić information content (AvgIpc) is 2.45. The van der Waals surface area contributed by atoms with Crippen LogP contribution in [0.25, 0.3) is 0 Å². The second kappa shape index (κ2) is 8.60. The van der Waals surface area contributed by atoms with E-state index < -0.39 is 0 Å². The van der Waals surface area contributed by atoms with Crippen LogP contribution in [0.5, 0.6) is 11.5 Å². The zero-order valence-electron chi connectivity index (χ0n) is 12.1. The molecule has 1 aromatic rings. The molecule has 0 heterocycles. The Labute approximate surface area is 132 Å². The summed E-state index contributed by atoms with van der Waals surface area (Å²) in [5, 5.41) is 4.20. The van der Waals surface area contributed by atoms with Crippen LogP contribution in [0, 0.1) is 0 Å². The van der Waals surface area contributed by atoms with Gasteiger partial charge in [0.1, 0.15) is 0 Å². The zero-order valence-corrected chi connectivity index (χ0v) is 13.6. The fraction of sp³-hybridized carbons (Fsp3) is 0.600. The minimum Gasteiger partial charge on any atom is -0.493 e. The molecule has 0 bridgehead atoms. The monoisotopic (exact) mass is 319 g/mol. The Morgan fingerprint density at radius 3 is 2.45 bits per heavy atom. The summed E-state index contributed by atoms with van der Waals surface area (Å²) in [7, 11) is 3.23. The van der Waals surface area contributed by atoms with Crippen LogP contribution in [0.2, 0.25) is 5.02 Å². The number of hydrogen-bond donors (Lipinski definition) is 1. The highest BCUT2D eigenvalue weighted by Crippen LogP contribution is 2.36. The number of nitrogens with one attached hydrogen (secondary N) is 1. The third-order valence-corrected chi connectivity index (χ3v) is 3.97. The minimum atomic E-state index is 0. The van der Waals surface area contributed by atoms with Crippen LogP contribution in [-0.4, -0.2) is 20.3 Å². The molecule has 5 heteroatoms. The Balaban J connectivity index is 0.00000200. The van der Waals surface area contributed by atoms with Crippen LogP contribution >= 0.6 is 24.0 Å². The molecule has 1 saturated carbocycles. The molecule has 1 aliphatic carbocycles. The molecule has 114 valence electrons. The molecule has 0 spiro atoms. The highest BCUT2D eigenvalue weighted by Gasteiger charge is 2.14. The van der Waals surface area contributed by atoms with Crippen molar-refractivity contribution in [3.05, 3.63) is 22.7 Å². The molecule has 0 amide bonds. The minimum absolute atomic E-state index is 0. The van der Waals surface area contributed by atoms with Gasteiger partial charge in [-0.25, -0.2) is 0 Å². The van der Waals surface area contributed by atoms with Crippen molar-refractivity contribution in [1.29, 1.82) is 0 Å². The Kier molecular flexibility index (Phi) is 7.49. The third kappa shape index (κ3) is 4.44. The first-order chi connectivity index (χ1) is 9.24. The van der Waals surface area contributed by atoms with E-state index >= 15 is 0 Å². The molecular formula is C15H23Cl2NO2. The van der Waals surface area contributed by atoms with Crippen molar-refractivity contribution < 1.29 is 9.47 Å². The van der Waals surface area contributed by atoms with E-state index in [1.807, 2.05) is 12.1 Å². The first-order valence-electron chi connectivity index (χ1n) is 6.88. The zero-order chi connectivity index (χ0) is 13.7. The van der Waals surface area contributed by atoms with E-state index in [-0.39, 0.29) is 12.4 Å². The van der Waals surface area contributed by atoms with Gasteiger partial charge >= 0.3 is 0 Å². The molecule has 0 aliphatic heterocycles. The molecule has 20 heavy (non-hydrogen) atoms. The number of rotatable bonds is 5. The van der Waals surface area contributed by atoms with E-state index in [1.54, 1.807) is 14.2 Å². The van der Waals surface area contributed by atoms with Crippen molar-refractivity contribution >= 4 is 24.0 Å². The molecule has 0 unspecified atom stereocenters. The molecule has 1 aliphatic rings. The topological polar surface area (TPSA) is 30.5 Å². The normalized spacial score (nSPS) is 15.6. The summed E-state index contributed by atoms with van der Waals surface area (Å²) < 4.78 is 10.6. The van der Waals surface area contributed by atoms with E-state index in [0.29, 0.717) is 22.6 Å². The Bertz CT molecular complexity index is 421. The van der Waals surface area contributed by atoms with Crippen LogP contribution in [-0.2, 0) is 6.54 Å². The van der Waals surface area contributed by atoms with Gasteiger partial charge < -0.3 is 14.8 Å². The summed E-state index contributed by atoms with van der Waals surface area (Å²) in [6.45, 7) is 0.824. The molecule has 0 saturated heterocycles. The maximum Gasteiger partial charge on any atom is 0.179 e. The molecule has 1 fully saturated rings. The summed E-state index contributed by atoms with van der Waals surface area (Å²) in [5.74, 6) is 1.29. The van der Waals surface area contributed by atoms with Crippen LogP contribution < -0.4 is 14.8 Å². The van der Waals surface area contributed by atoms with Gasteiger partial charge in [-0.1, -0.05) is 30.9 Å². The van der Waals surface area contributed by atoms with E-state index in [9.17, 15) is 0 Å². The van der Waals surface area contributed by atoms with Crippen LogP contribution in [0.1, 0.15) is 37.7 Å². The lowest BCUT2D eigenvalue weighted by Crippen LogP contribution is -2.30. The maximum absolute atomic E-state index is 6.20. The van der Waals surface area contributed by atoms with Crippen LogP contribution in [0.3, 0.4) is 0 Å². The summed E-state index contributed by atoms with van der Waals surface area (Å²) in [6.07, 6.45) is 6.61. The third-order valence-electron chi connectivity index (χ3n) is 3.69. The van der Waals surface area contributed by atoms with Gasteiger partial charge in [0.25, 0.3) is 0 Å². The van der Waals surface area contributed by atoms with Crippen molar-refractivity contribution in [2.45, 2.75) is 44.7 Å². The molecular weight excluding hydrogens is 297 g/mol. The molecule has 3 nitrogen and oxygen atoms in total. The van der Waals surface area contributed by atoms with E-state index in [0.717, 1.165) is 12.1 Å².